The maximum absolute atomic E-state index is 16.3. The van der Waals surface area contributed by atoms with Gasteiger partial charge in [-0.15, -0.1) is 0 Å². The van der Waals surface area contributed by atoms with Crippen LogP contribution < -0.4 is 37.5 Å². The number of carbonyl (C=O) groups is 7. The minimum absolute atomic E-state index is 0.0102. The number of rotatable bonds is 19. The van der Waals surface area contributed by atoms with Gasteiger partial charge in [0.1, 0.15) is 38.3 Å². The highest BCUT2D eigenvalue weighted by Gasteiger charge is 2.46. The number of benzene rings is 4. The molecule has 10 rings (SSSR count). The van der Waals surface area contributed by atoms with E-state index in [0.717, 1.165) is 29.2 Å². The molecule has 20 nitrogen and oxygen atoms in total. The van der Waals surface area contributed by atoms with Gasteiger partial charge in [-0.1, -0.05) is 85.8 Å². The number of halogens is 2. The summed E-state index contributed by atoms with van der Waals surface area (Å²) >= 11 is 0. The van der Waals surface area contributed by atoms with Gasteiger partial charge in [0.25, 0.3) is 11.5 Å². The Morgan fingerprint density at radius 1 is 0.864 bits per heavy atom. The molecule has 22 heteroatoms. The van der Waals surface area contributed by atoms with E-state index >= 15 is 8.78 Å². The summed E-state index contributed by atoms with van der Waals surface area (Å²) in [5.41, 5.74) is 2.63. The van der Waals surface area contributed by atoms with Crippen molar-refractivity contribution in [1.82, 2.24) is 41.5 Å². The van der Waals surface area contributed by atoms with Crippen LogP contribution in [0.2, 0.25) is 0 Å². The fourth-order valence-electron chi connectivity index (χ4n) is 11.1. The molecule has 6 amide bonds. The number of hydrogen-bond acceptors (Lipinski definition) is 13. The number of cyclic esters (lactones) is 1. The van der Waals surface area contributed by atoms with Crippen LogP contribution in [0.4, 0.5) is 13.6 Å². The minimum atomic E-state index is -2.66. The number of ether oxygens (including phenoxy) is 3. The monoisotopic (exact) mass is 1110 g/mol. The van der Waals surface area contributed by atoms with Gasteiger partial charge in [-0.25, -0.2) is 23.4 Å². The zero-order valence-electron chi connectivity index (χ0n) is 44.5. The number of nitrogens with one attached hydrogen (secondary N) is 6. The van der Waals surface area contributed by atoms with Crippen LogP contribution in [0.25, 0.3) is 33.4 Å². The van der Waals surface area contributed by atoms with Gasteiger partial charge in [0, 0.05) is 34.9 Å². The Balaban J connectivity index is 0.705. The predicted molar refractivity (Wildman–Crippen MR) is 288 cm³/mol. The molecule has 2 aliphatic heterocycles. The normalized spacial score (nSPS) is 17.4. The molecule has 0 radical (unpaired) electrons. The van der Waals surface area contributed by atoms with Gasteiger partial charge in [0.15, 0.2) is 5.60 Å². The number of esters is 1. The molecule has 2 aliphatic carbocycles. The summed E-state index contributed by atoms with van der Waals surface area (Å²) < 4.78 is 49.3. The second-order valence-electron chi connectivity index (χ2n) is 20.7. The number of carbonyl (C=O) groups excluding carboxylic acids is 7. The smallest absolute Gasteiger partial charge is 0.407 e. The zero-order valence-corrected chi connectivity index (χ0v) is 44.5. The molecule has 4 heterocycles. The number of aryl methyl sites for hydroxylation is 1. The Morgan fingerprint density at radius 3 is 2.25 bits per heavy atom. The highest BCUT2D eigenvalue weighted by atomic mass is 19.1. The van der Waals surface area contributed by atoms with Crippen LogP contribution in [0.3, 0.4) is 0 Å². The van der Waals surface area contributed by atoms with E-state index in [4.69, 9.17) is 19.2 Å². The van der Waals surface area contributed by atoms with E-state index in [2.05, 4.69) is 31.9 Å². The number of alkyl halides is 1. The number of nitrogens with zero attached hydrogens (tertiary/aromatic N) is 2. The Labute approximate surface area is 462 Å². The number of aromatic nitrogens is 2. The summed E-state index contributed by atoms with van der Waals surface area (Å²) in [4.78, 5) is 110. The van der Waals surface area contributed by atoms with Crippen molar-refractivity contribution in [2.75, 3.05) is 39.6 Å². The molecular weight excluding hydrogens is 1050 g/mol. The molecule has 420 valence electrons. The average Bonchev–Trinajstić information content (AvgIpc) is 2.71. The molecule has 7 N–H and O–H groups in total. The van der Waals surface area contributed by atoms with Crippen molar-refractivity contribution in [3.05, 3.63) is 157 Å². The van der Waals surface area contributed by atoms with Crippen LogP contribution in [0.5, 0.6) is 0 Å². The van der Waals surface area contributed by atoms with E-state index in [1.165, 1.54) is 16.7 Å². The predicted octanol–water partition coefficient (Wildman–Crippen LogP) is 3.95. The Morgan fingerprint density at radius 2 is 1.53 bits per heavy atom. The first-order valence-electron chi connectivity index (χ1n) is 26.5. The third-order valence-corrected chi connectivity index (χ3v) is 15.4. The van der Waals surface area contributed by atoms with Crippen molar-refractivity contribution < 1.29 is 61.7 Å². The first-order chi connectivity index (χ1) is 38.9. The van der Waals surface area contributed by atoms with Gasteiger partial charge in [0.2, 0.25) is 29.3 Å². The van der Waals surface area contributed by atoms with Crippen LogP contribution in [-0.2, 0) is 74.6 Å². The fraction of sp³-hybridized carbons (Fsp3) is 0.339. The van der Waals surface area contributed by atoms with Gasteiger partial charge in [0.05, 0.1) is 54.8 Å². The SMILES string of the molecule is CC[C@@]1(O)C(=O)OCc2c1cc1n(c2=O)Cc2c-1nc1cc(F)c(C)c3c1c2[C@@H](NC(=O)[C@](C)(F)COCNC(=O)CNC(=O)[C@H](Cc1ccccc1)NC(=O)CNC(=O)CNC(=O)OCC1c2ccccc2-c2ccccc21)CC3. The van der Waals surface area contributed by atoms with E-state index in [0.29, 0.717) is 39.6 Å². The van der Waals surface area contributed by atoms with E-state index < -0.39 is 109 Å². The standard InChI is InChI=1S/C59H58F2N8O12/c1-4-59(78)41-21-46-52-38(26-69(46)54(74)40(41)28-80-56(59)76)51-43(19-18-33-31(2)42(60)22-44(67-52)50(33)51)68-55(75)58(3,61)29-79-30-65-48(71)23-63-53(73)45(20-32-12-6-5-7-13-32)66-49(72)25-62-47(70)24-64-57(77)81-27-39-36-16-10-8-14-34(36)35-15-9-11-17-37(35)39/h5-17,21-22,39,43,45,78H,4,18-20,23-30H2,1-3H3,(H,62,70)(H,63,73)(H,64,77)(H,65,71)(H,66,72)(H,68,75)/t43-,45-,58+,59-/m0/s1. The van der Waals surface area contributed by atoms with Crippen molar-refractivity contribution in [1.29, 1.82) is 0 Å². The highest BCUT2D eigenvalue weighted by Crippen LogP contribution is 2.47. The van der Waals surface area contributed by atoms with E-state index in [1.807, 2.05) is 48.5 Å². The Hall–Kier alpha value is -8.89. The summed E-state index contributed by atoms with van der Waals surface area (Å²) in [6.45, 7) is 0.863. The van der Waals surface area contributed by atoms with Crippen LogP contribution in [0.1, 0.15) is 88.7 Å². The Kier molecular flexibility index (Phi) is 15.5. The van der Waals surface area contributed by atoms with Crippen LogP contribution in [-0.4, -0.2) is 108 Å². The molecule has 4 atom stereocenters. The van der Waals surface area contributed by atoms with Crippen molar-refractivity contribution in [3.8, 4) is 22.5 Å². The maximum atomic E-state index is 16.3. The second kappa shape index (κ2) is 22.7. The number of aliphatic hydroxyl groups is 1. The Bertz CT molecular complexity index is 3580. The molecule has 0 unspecified atom stereocenters. The van der Waals surface area contributed by atoms with Crippen LogP contribution in [0, 0.1) is 12.7 Å². The van der Waals surface area contributed by atoms with E-state index in [-0.39, 0.29) is 73.0 Å². The molecule has 0 spiro atoms. The largest absolute Gasteiger partial charge is 0.458 e. The third-order valence-electron chi connectivity index (χ3n) is 15.4. The van der Waals surface area contributed by atoms with Crippen molar-refractivity contribution >= 4 is 52.5 Å². The van der Waals surface area contributed by atoms with E-state index in [9.17, 15) is 43.5 Å². The first kappa shape index (κ1) is 55.4. The topological polar surface area (TPSA) is 274 Å². The zero-order chi connectivity index (χ0) is 57.3. The molecule has 4 aromatic carbocycles. The summed E-state index contributed by atoms with van der Waals surface area (Å²) in [5, 5.41) is 26.9. The average molecular weight is 1110 g/mol. The molecule has 6 aromatic rings. The molecule has 0 saturated carbocycles. The number of amides is 6. The summed E-state index contributed by atoms with van der Waals surface area (Å²) in [6.07, 6.45) is -0.365. The van der Waals surface area contributed by atoms with Crippen molar-refractivity contribution in [3.63, 3.8) is 0 Å². The van der Waals surface area contributed by atoms with Gasteiger partial charge in [-0.05, 0) is 83.7 Å². The molecule has 4 aliphatic rings. The van der Waals surface area contributed by atoms with E-state index in [1.54, 1.807) is 44.2 Å². The number of hydrogen-bond donors (Lipinski definition) is 7. The summed E-state index contributed by atoms with van der Waals surface area (Å²) in [7, 11) is 0. The molecule has 81 heavy (non-hydrogen) atoms. The lowest BCUT2D eigenvalue weighted by Gasteiger charge is -2.31. The van der Waals surface area contributed by atoms with Crippen LogP contribution >= 0.6 is 0 Å². The quantitative estimate of drug-likeness (QED) is 0.0344. The lowest BCUT2D eigenvalue weighted by atomic mass is 9.81. The molecule has 2 aromatic heterocycles. The summed E-state index contributed by atoms with van der Waals surface area (Å²) in [6, 6.07) is 25.2. The third kappa shape index (κ3) is 11.0. The lowest BCUT2D eigenvalue weighted by molar-refractivity contribution is -0.172. The molecule has 0 saturated heterocycles. The lowest BCUT2D eigenvalue weighted by Crippen LogP contribution is -2.52. The second-order valence-corrected chi connectivity index (χ2v) is 20.7. The van der Waals surface area contributed by atoms with Crippen molar-refractivity contribution in [2.24, 2.45) is 0 Å². The number of alkyl carbamates (subject to hydrolysis) is 1. The maximum Gasteiger partial charge on any atom is 0.407 e. The van der Waals surface area contributed by atoms with Crippen LogP contribution in [0.15, 0.2) is 95.8 Å². The van der Waals surface area contributed by atoms with Gasteiger partial charge < -0.3 is 55.8 Å². The first-order valence-corrected chi connectivity index (χ1v) is 26.5. The molecular formula is C59H58F2N8O12. The minimum Gasteiger partial charge on any atom is -0.458 e. The number of pyridine rings is 2. The highest BCUT2D eigenvalue weighted by molar-refractivity contribution is 5.95. The van der Waals surface area contributed by atoms with Gasteiger partial charge >= 0.3 is 12.1 Å². The summed E-state index contributed by atoms with van der Waals surface area (Å²) in [5.74, 6) is -5.59. The van der Waals surface area contributed by atoms with Gasteiger partial charge in [-0.2, -0.15) is 0 Å². The van der Waals surface area contributed by atoms with Crippen molar-refractivity contribution in [2.45, 2.75) is 88.9 Å². The fourth-order valence-corrected chi connectivity index (χ4v) is 11.1. The molecule has 0 fully saturated rings. The number of fused-ring (bicyclic) bond motifs is 8. The molecule has 0 bridgehead atoms. The van der Waals surface area contributed by atoms with Gasteiger partial charge in [-0.3, -0.25) is 28.8 Å².